The molecule has 1 aliphatic heterocycles. The number of fused-ring (bicyclic) bond motifs is 1. The van der Waals surface area contributed by atoms with E-state index in [-0.39, 0.29) is 0 Å². The van der Waals surface area contributed by atoms with E-state index in [4.69, 9.17) is 0 Å². The van der Waals surface area contributed by atoms with E-state index in [1.807, 2.05) is 6.26 Å². The van der Waals surface area contributed by atoms with Crippen LogP contribution in [0.25, 0.3) is 0 Å². The molecule has 0 saturated carbocycles. The smallest absolute Gasteiger partial charge is 0.245 e. The van der Waals surface area contributed by atoms with E-state index in [1.54, 1.807) is 0 Å². The minimum absolute atomic E-state index is 0.426. The maximum absolute atomic E-state index is 12.5. The van der Waals surface area contributed by atoms with Crippen LogP contribution in [-0.2, 0) is 6.18 Å². The number of hydrogen-bond acceptors (Lipinski definition) is 3. The molecule has 2 rings (SSSR count). The molecule has 1 aromatic rings. The number of alkyl halides is 3. The lowest BCUT2D eigenvalue weighted by atomic mass is 10.2. The van der Waals surface area contributed by atoms with Gasteiger partial charge in [-0.1, -0.05) is 0 Å². The zero-order chi connectivity index (χ0) is 11.8. The second-order valence-electron chi connectivity index (χ2n) is 3.18. The van der Waals surface area contributed by atoms with Gasteiger partial charge in [-0.05, 0) is 24.5 Å². The molecule has 0 unspecified atom stereocenters. The Labute approximate surface area is 99.5 Å². The maximum Gasteiger partial charge on any atom is 0.416 e. The Morgan fingerprint density at radius 3 is 2.75 bits per heavy atom. The van der Waals surface area contributed by atoms with Gasteiger partial charge >= 0.3 is 6.18 Å². The first-order chi connectivity index (χ1) is 7.50. The van der Waals surface area contributed by atoms with Crippen LogP contribution in [0.2, 0.25) is 0 Å². The SMILES string of the molecule is CSC1=Nc2cc(C(F)(F)F)ccc2SC1. The van der Waals surface area contributed by atoms with Gasteiger partial charge in [0.2, 0.25) is 0 Å². The third kappa shape index (κ3) is 2.38. The number of halogens is 3. The van der Waals surface area contributed by atoms with Crippen molar-refractivity contribution in [3.63, 3.8) is 0 Å². The van der Waals surface area contributed by atoms with Crippen molar-refractivity contribution < 1.29 is 13.2 Å². The molecule has 86 valence electrons. The van der Waals surface area contributed by atoms with Crippen LogP contribution in [0.3, 0.4) is 0 Å². The average Bonchev–Trinajstić information content (AvgIpc) is 2.26. The van der Waals surface area contributed by atoms with E-state index in [2.05, 4.69) is 4.99 Å². The van der Waals surface area contributed by atoms with Crippen LogP contribution in [0.4, 0.5) is 18.9 Å². The molecule has 1 heterocycles. The lowest BCUT2D eigenvalue weighted by Gasteiger charge is -2.15. The standard InChI is InChI=1S/C10H8F3NS2/c1-15-9-5-16-8-3-2-6(10(11,12)13)4-7(8)14-9/h2-4H,5H2,1H3. The van der Waals surface area contributed by atoms with Crippen LogP contribution in [0.1, 0.15) is 5.56 Å². The summed E-state index contributed by atoms with van der Waals surface area (Å²) >= 11 is 2.99. The highest BCUT2D eigenvalue weighted by atomic mass is 32.2. The van der Waals surface area contributed by atoms with Gasteiger partial charge in [-0.15, -0.1) is 23.5 Å². The molecular formula is C10H8F3NS2. The summed E-state index contributed by atoms with van der Waals surface area (Å²) in [7, 11) is 0. The number of hydrogen-bond donors (Lipinski definition) is 0. The van der Waals surface area contributed by atoms with E-state index in [0.29, 0.717) is 5.69 Å². The van der Waals surface area contributed by atoms with Crippen molar-refractivity contribution in [2.75, 3.05) is 12.0 Å². The molecule has 0 N–H and O–H groups in total. The third-order valence-corrected chi connectivity index (χ3v) is 4.08. The van der Waals surface area contributed by atoms with Gasteiger partial charge in [0.1, 0.15) is 0 Å². The minimum atomic E-state index is -4.30. The Morgan fingerprint density at radius 2 is 2.12 bits per heavy atom. The first-order valence-electron chi connectivity index (χ1n) is 4.46. The first-order valence-corrected chi connectivity index (χ1v) is 6.67. The zero-order valence-electron chi connectivity index (χ0n) is 8.34. The van der Waals surface area contributed by atoms with Crippen molar-refractivity contribution in [1.29, 1.82) is 0 Å². The number of benzene rings is 1. The molecule has 1 nitrogen and oxygen atoms in total. The molecule has 0 atom stereocenters. The summed E-state index contributed by atoms with van der Waals surface area (Å²) in [5.74, 6) is 0.736. The van der Waals surface area contributed by atoms with Crippen molar-refractivity contribution >= 4 is 34.3 Å². The predicted octanol–water partition coefficient (Wildman–Crippen LogP) is 4.20. The molecule has 0 radical (unpaired) electrons. The van der Waals surface area contributed by atoms with Gasteiger partial charge in [-0.3, -0.25) is 0 Å². The Bertz CT molecular complexity index is 440. The predicted molar refractivity (Wildman–Crippen MR) is 62.8 cm³/mol. The monoisotopic (exact) mass is 263 g/mol. The number of nitrogens with zero attached hydrogens (tertiary/aromatic N) is 1. The van der Waals surface area contributed by atoms with Crippen LogP contribution in [0.15, 0.2) is 28.1 Å². The summed E-state index contributed by atoms with van der Waals surface area (Å²) in [6.45, 7) is 0. The lowest BCUT2D eigenvalue weighted by Crippen LogP contribution is -2.06. The summed E-state index contributed by atoms with van der Waals surface area (Å²) in [5.41, 5.74) is -0.214. The molecule has 0 amide bonds. The minimum Gasteiger partial charge on any atom is -0.245 e. The summed E-state index contributed by atoms with van der Waals surface area (Å²) in [6.07, 6.45) is -2.43. The Kier molecular flexibility index (Phi) is 3.21. The number of aliphatic imine (C=N–C) groups is 1. The van der Waals surface area contributed by atoms with Gasteiger partial charge in [0.15, 0.2) is 0 Å². The quantitative estimate of drug-likeness (QED) is 0.695. The average molecular weight is 263 g/mol. The van der Waals surface area contributed by atoms with Crippen molar-refractivity contribution in [2.45, 2.75) is 11.1 Å². The summed E-state index contributed by atoms with van der Waals surface area (Å²) < 4.78 is 37.4. The van der Waals surface area contributed by atoms with E-state index >= 15 is 0 Å². The molecule has 1 aromatic carbocycles. The van der Waals surface area contributed by atoms with Gasteiger partial charge in [0.05, 0.1) is 16.3 Å². The van der Waals surface area contributed by atoms with Crippen LogP contribution >= 0.6 is 23.5 Å². The molecule has 0 fully saturated rings. The highest BCUT2D eigenvalue weighted by Gasteiger charge is 2.31. The largest absolute Gasteiger partial charge is 0.416 e. The van der Waals surface area contributed by atoms with Gasteiger partial charge in [-0.25, -0.2) is 4.99 Å². The van der Waals surface area contributed by atoms with Crippen LogP contribution in [0.5, 0.6) is 0 Å². The van der Waals surface area contributed by atoms with Gasteiger partial charge in [-0.2, -0.15) is 13.2 Å². The van der Waals surface area contributed by atoms with Gasteiger partial charge < -0.3 is 0 Å². The zero-order valence-corrected chi connectivity index (χ0v) is 9.97. The Balaban J connectivity index is 2.43. The third-order valence-electron chi connectivity index (χ3n) is 2.12. The van der Waals surface area contributed by atoms with Crippen molar-refractivity contribution in [3.05, 3.63) is 23.8 Å². The molecule has 0 spiro atoms. The molecular weight excluding hydrogens is 255 g/mol. The fourth-order valence-corrected chi connectivity index (χ4v) is 2.91. The Hall–Kier alpha value is -0.620. The fraction of sp³-hybridized carbons (Fsp3) is 0.300. The molecule has 1 aliphatic rings. The highest BCUT2D eigenvalue weighted by Crippen LogP contribution is 2.39. The van der Waals surface area contributed by atoms with E-state index in [0.717, 1.165) is 27.8 Å². The van der Waals surface area contributed by atoms with Gasteiger partial charge in [0, 0.05) is 10.6 Å². The Morgan fingerprint density at radius 1 is 1.38 bits per heavy atom. The van der Waals surface area contributed by atoms with E-state index < -0.39 is 11.7 Å². The number of rotatable bonds is 0. The van der Waals surface area contributed by atoms with E-state index in [1.165, 1.54) is 29.6 Å². The topological polar surface area (TPSA) is 12.4 Å². The van der Waals surface area contributed by atoms with Crippen LogP contribution in [-0.4, -0.2) is 17.1 Å². The molecule has 0 aliphatic carbocycles. The van der Waals surface area contributed by atoms with Crippen LogP contribution in [0, 0.1) is 0 Å². The van der Waals surface area contributed by atoms with Crippen LogP contribution < -0.4 is 0 Å². The second kappa shape index (κ2) is 4.33. The van der Waals surface area contributed by atoms with E-state index in [9.17, 15) is 13.2 Å². The van der Waals surface area contributed by atoms with Gasteiger partial charge in [0.25, 0.3) is 0 Å². The fourth-order valence-electron chi connectivity index (χ4n) is 1.31. The highest BCUT2D eigenvalue weighted by molar-refractivity contribution is 8.15. The normalized spacial score (nSPS) is 15.6. The lowest BCUT2D eigenvalue weighted by molar-refractivity contribution is -0.137. The second-order valence-corrected chi connectivity index (χ2v) is 5.08. The first kappa shape index (κ1) is 11.9. The molecule has 0 aromatic heterocycles. The summed E-state index contributed by atoms with van der Waals surface area (Å²) in [6, 6.07) is 3.70. The molecule has 16 heavy (non-hydrogen) atoms. The van der Waals surface area contributed by atoms with Crippen molar-refractivity contribution in [3.8, 4) is 0 Å². The summed E-state index contributed by atoms with van der Waals surface area (Å²) in [4.78, 5) is 5.01. The summed E-state index contributed by atoms with van der Waals surface area (Å²) in [5, 5.41) is 0.858. The molecule has 0 bridgehead atoms. The molecule has 6 heteroatoms. The van der Waals surface area contributed by atoms with Crippen molar-refractivity contribution in [1.82, 2.24) is 0 Å². The number of thioether (sulfide) groups is 2. The maximum atomic E-state index is 12.5. The molecule has 0 saturated heterocycles. The van der Waals surface area contributed by atoms with Crippen molar-refractivity contribution in [2.24, 2.45) is 4.99 Å².